The van der Waals surface area contributed by atoms with Crippen LogP contribution < -0.4 is 5.32 Å². The third-order valence-electron chi connectivity index (χ3n) is 1.52. The first-order chi connectivity index (χ1) is 6.61. The fourth-order valence-electron chi connectivity index (χ4n) is 0.789. The number of rotatable bonds is 7. The van der Waals surface area contributed by atoms with E-state index in [2.05, 4.69) is 10.1 Å². The van der Waals surface area contributed by atoms with Crippen molar-refractivity contribution in [3.8, 4) is 0 Å². The Morgan fingerprint density at radius 2 is 2.14 bits per heavy atom. The molecular formula is C8H15NO5. The van der Waals surface area contributed by atoms with Crippen LogP contribution in [0.15, 0.2) is 0 Å². The molecule has 0 saturated carbocycles. The maximum Gasteiger partial charge on any atom is 0.334 e. The van der Waals surface area contributed by atoms with E-state index in [1.54, 1.807) is 7.05 Å². The summed E-state index contributed by atoms with van der Waals surface area (Å²) in [5, 5.41) is 11.3. The Morgan fingerprint density at radius 3 is 2.57 bits per heavy atom. The smallest absolute Gasteiger partial charge is 0.334 e. The van der Waals surface area contributed by atoms with Gasteiger partial charge < -0.3 is 19.9 Å². The number of carboxylic acid groups (broad SMARTS) is 1. The van der Waals surface area contributed by atoms with E-state index in [4.69, 9.17) is 9.84 Å². The highest BCUT2D eigenvalue weighted by Crippen LogP contribution is 1.94. The van der Waals surface area contributed by atoms with Crippen LogP contribution in [0.2, 0.25) is 0 Å². The lowest BCUT2D eigenvalue weighted by Gasteiger charge is -2.12. The zero-order valence-corrected chi connectivity index (χ0v) is 8.28. The van der Waals surface area contributed by atoms with Gasteiger partial charge in [-0.15, -0.1) is 0 Å². The van der Waals surface area contributed by atoms with Crippen molar-refractivity contribution in [1.82, 2.24) is 5.32 Å². The summed E-state index contributed by atoms with van der Waals surface area (Å²) in [6.07, 6.45) is -0.867. The molecule has 0 aromatic heterocycles. The fourth-order valence-corrected chi connectivity index (χ4v) is 0.789. The Hall–Kier alpha value is -1.14. The number of ether oxygens (including phenoxy) is 2. The molecule has 0 aromatic rings. The van der Waals surface area contributed by atoms with Crippen molar-refractivity contribution in [3.63, 3.8) is 0 Å². The molecule has 0 saturated heterocycles. The molecular weight excluding hydrogens is 190 g/mol. The number of carbonyl (C=O) groups is 2. The molecule has 14 heavy (non-hydrogen) atoms. The van der Waals surface area contributed by atoms with Crippen molar-refractivity contribution >= 4 is 11.9 Å². The highest BCUT2D eigenvalue weighted by atomic mass is 16.5. The Kier molecular flexibility index (Phi) is 6.69. The summed E-state index contributed by atoms with van der Waals surface area (Å²) in [6, 6.07) is 0. The molecule has 0 amide bonds. The van der Waals surface area contributed by atoms with Gasteiger partial charge in [0.1, 0.15) is 0 Å². The zero-order valence-electron chi connectivity index (χ0n) is 8.28. The first kappa shape index (κ1) is 12.9. The van der Waals surface area contributed by atoms with Crippen LogP contribution in [0.4, 0.5) is 0 Å². The van der Waals surface area contributed by atoms with E-state index in [0.717, 1.165) is 0 Å². The van der Waals surface area contributed by atoms with Gasteiger partial charge in [0.15, 0.2) is 6.10 Å². The van der Waals surface area contributed by atoms with Crippen LogP contribution in [-0.4, -0.2) is 50.5 Å². The van der Waals surface area contributed by atoms with Crippen molar-refractivity contribution < 1.29 is 24.2 Å². The molecule has 0 aliphatic carbocycles. The van der Waals surface area contributed by atoms with E-state index in [1.165, 1.54) is 7.11 Å². The molecule has 0 unspecified atom stereocenters. The maximum atomic E-state index is 10.7. The van der Waals surface area contributed by atoms with Crippen molar-refractivity contribution in [1.29, 1.82) is 0 Å². The fraction of sp³-hybridized carbons (Fsp3) is 0.750. The van der Waals surface area contributed by atoms with Gasteiger partial charge in [0.2, 0.25) is 0 Å². The number of esters is 1. The highest BCUT2D eigenvalue weighted by Gasteiger charge is 2.17. The average Bonchev–Trinajstić information content (AvgIpc) is 2.16. The Bertz CT molecular complexity index is 194. The van der Waals surface area contributed by atoms with E-state index >= 15 is 0 Å². The van der Waals surface area contributed by atoms with Crippen LogP contribution in [0, 0.1) is 0 Å². The minimum atomic E-state index is -1.05. The molecule has 0 spiro atoms. The second-order valence-electron chi connectivity index (χ2n) is 2.58. The van der Waals surface area contributed by atoms with E-state index < -0.39 is 18.0 Å². The van der Waals surface area contributed by atoms with Gasteiger partial charge in [-0.25, -0.2) is 4.79 Å². The monoisotopic (exact) mass is 205 g/mol. The maximum absolute atomic E-state index is 10.7. The lowest BCUT2D eigenvalue weighted by Crippen LogP contribution is -2.34. The van der Waals surface area contributed by atoms with Gasteiger partial charge in [-0.1, -0.05) is 0 Å². The van der Waals surface area contributed by atoms with Gasteiger partial charge in [0.05, 0.1) is 20.1 Å². The van der Waals surface area contributed by atoms with Crippen LogP contribution in [0.1, 0.15) is 6.42 Å². The van der Waals surface area contributed by atoms with Crippen LogP contribution in [0.5, 0.6) is 0 Å². The quantitative estimate of drug-likeness (QED) is 0.531. The third kappa shape index (κ3) is 5.50. The number of likely N-dealkylation sites (N-methyl/N-ethyl adjacent to an activating group) is 1. The summed E-state index contributed by atoms with van der Waals surface area (Å²) in [5.74, 6) is -1.47. The minimum Gasteiger partial charge on any atom is -0.479 e. The zero-order chi connectivity index (χ0) is 11.0. The van der Waals surface area contributed by atoms with Crippen LogP contribution >= 0.6 is 0 Å². The number of carboxylic acids is 1. The normalized spacial score (nSPS) is 12.1. The molecule has 0 heterocycles. The summed E-state index contributed by atoms with van der Waals surface area (Å²) in [6.45, 7) is 0.252. The van der Waals surface area contributed by atoms with Gasteiger partial charge in [-0.2, -0.15) is 0 Å². The van der Waals surface area contributed by atoms with Gasteiger partial charge in [-0.3, -0.25) is 4.79 Å². The number of aliphatic carboxylic acids is 1. The number of carbonyl (C=O) groups excluding carboxylic acids is 1. The topological polar surface area (TPSA) is 84.9 Å². The van der Waals surface area contributed by atoms with E-state index in [0.29, 0.717) is 0 Å². The Labute approximate surface area is 82.2 Å². The second-order valence-corrected chi connectivity index (χ2v) is 2.58. The van der Waals surface area contributed by atoms with Crippen LogP contribution in [0.3, 0.4) is 0 Å². The highest BCUT2D eigenvalue weighted by molar-refractivity contribution is 5.72. The average molecular weight is 205 g/mol. The summed E-state index contributed by atoms with van der Waals surface area (Å²) in [5.41, 5.74) is 0. The molecule has 1 atom stereocenters. The molecule has 0 radical (unpaired) electrons. The number of hydrogen-bond acceptors (Lipinski definition) is 5. The summed E-state index contributed by atoms with van der Waals surface area (Å²) < 4.78 is 9.32. The molecule has 0 aliphatic rings. The van der Waals surface area contributed by atoms with Crippen LogP contribution in [0.25, 0.3) is 0 Å². The van der Waals surface area contributed by atoms with Gasteiger partial charge in [-0.05, 0) is 7.05 Å². The summed E-state index contributed by atoms with van der Waals surface area (Å²) in [4.78, 5) is 21.2. The molecule has 2 N–H and O–H groups in total. The summed E-state index contributed by atoms with van der Waals surface area (Å²) in [7, 11) is 2.89. The Morgan fingerprint density at radius 1 is 1.50 bits per heavy atom. The van der Waals surface area contributed by atoms with E-state index in [-0.39, 0.29) is 19.6 Å². The number of methoxy groups -OCH3 is 1. The van der Waals surface area contributed by atoms with Crippen molar-refractivity contribution in [2.75, 3.05) is 27.3 Å². The first-order valence-electron chi connectivity index (χ1n) is 4.17. The predicted molar refractivity (Wildman–Crippen MR) is 47.9 cm³/mol. The van der Waals surface area contributed by atoms with Gasteiger partial charge in [0.25, 0.3) is 0 Å². The number of nitrogens with one attached hydrogen (secondary N) is 1. The van der Waals surface area contributed by atoms with Crippen molar-refractivity contribution in [2.24, 2.45) is 0 Å². The molecule has 82 valence electrons. The van der Waals surface area contributed by atoms with E-state index in [9.17, 15) is 9.59 Å². The van der Waals surface area contributed by atoms with Crippen molar-refractivity contribution in [2.45, 2.75) is 12.5 Å². The number of hydrogen-bond donors (Lipinski definition) is 2. The SMILES string of the molecule is CNC[C@H](OCCC(=O)OC)C(=O)O. The van der Waals surface area contributed by atoms with Crippen LogP contribution in [-0.2, 0) is 19.1 Å². The standard InChI is InChI=1S/C8H15NO5/c1-9-5-6(8(11)12)14-4-3-7(10)13-2/h6,9H,3-5H2,1-2H3,(H,11,12)/t6-/m0/s1. The van der Waals surface area contributed by atoms with Crippen molar-refractivity contribution in [3.05, 3.63) is 0 Å². The lowest BCUT2D eigenvalue weighted by atomic mass is 10.3. The van der Waals surface area contributed by atoms with Gasteiger partial charge >= 0.3 is 11.9 Å². The molecule has 0 rings (SSSR count). The third-order valence-corrected chi connectivity index (χ3v) is 1.52. The van der Waals surface area contributed by atoms with Gasteiger partial charge in [0, 0.05) is 6.54 Å². The first-order valence-corrected chi connectivity index (χ1v) is 4.17. The lowest BCUT2D eigenvalue weighted by molar-refractivity contribution is -0.153. The Balaban J connectivity index is 3.71. The molecule has 0 bridgehead atoms. The molecule has 6 nitrogen and oxygen atoms in total. The minimum absolute atomic E-state index is 0.0469. The second kappa shape index (κ2) is 7.28. The molecule has 6 heteroatoms. The van der Waals surface area contributed by atoms with E-state index in [1.807, 2.05) is 0 Å². The molecule has 0 fully saturated rings. The molecule has 0 aliphatic heterocycles. The predicted octanol–water partition coefficient (Wildman–Crippen LogP) is -0.761. The largest absolute Gasteiger partial charge is 0.479 e. The molecule has 0 aromatic carbocycles. The summed E-state index contributed by atoms with van der Waals surface area (Å²) >= 11 is 0.